The molecule has 4 rings (SSSR count). The van der Waals surface area contributed by atoms with Gasteiger partial charge in [-0.1, -0.05) is 17.7 Å². The lowest BCUT2D eigenvalue weighted by Crippen LogP contribution is -2.49. The molecule has 9 nitrogen and oxygen atoms in total. The summed E-state index contributed by atoms with van der Waals surface area (Å²) in [6.07, 6.45) is 1.51. The monoisotopic (exact) mass is 454 g/mol. The van der Waals surface area contributed by atoms with Crippen molar-refractivity contribution in [2.75, 3.05) is 37.7 Å². The van der Waals surface area contributed by atoms with Crippen molar-refractivity contribution in [3.8, 4) is 5.75 Å². The number of piperazine rings is 1. The summed E-state index contributed by atoms with van der Waals surface area (Å²) in [5.74, 6) is 0.346. The lowest BCUT2D eigenvalue weighted by Gasteiger charge is -2.35. The molecule has 3 aromatic rings. The molecule has 2 heterocycles. The number of aromatic nitrogens is 3. The zero-order valence-corrected chi connectivity index (χ0v) is 18.3. The molecule has 1 aliphatic rings. The van der Waals surface area contributed by atoms with E-state index in [4.69, 9.17) is 16.3 Å². The van der Waals surface area contributed by atoms with Crippen LogP contribution in [-0.2, 0) is 0 Å². The fraction of sp³-hybridized carbons (Fsp3) is 0.273. The molecule has 1 N–H and O–H groups in total. The van der Waals surface area contributed by atoms with Crippen LogP contribution in [0.1, 0.15) is 23.0 Å². The highest BCUT2D eigenvalue weighted by Gasteiger charge is 2.26. The van der Waals surface area contributed by atoms with Crippen LogP contribution < -0.4 is 15.2 Å². The van der Waals surface area contributed by atoms with Gasteiger partial charge in [-0.15, -0.1) is 9.89 Å². The van der Waals surface area contributed by atoms with Crippen LogP contribution in [0, 0.1) is 0 Å². The van der Waals surface area contributed by atoms with E-state index < -0.39 is 11.5 Å². The highest BCUT2D eigenvalue weighted by atomic mass is 35.5. The van der Waals surface area contributed by atoms with Crippen molar-refractivity contribution in [1.29, 1.82) is 0 Å². The molecule has 0 spiro atoms. The minimum Gasteiger partial charge on any atom is -0.494 e. The second-order valence-electron chi connectivity index (χ2n) is 7.18. The number of benzene rings is 2. The van der Waals surface area contributed by atoms with Crippen LogP contribution in [-0.4, -0.2) is 64.9 Å². The van der Waals surface area contributed by atoms with Crippen molar-refractivity contribution >= 4 is 29.4 Å². The van der Waals surface area contributed by atoms with Crippen LogP contribution in [0.5, 0.6) is 5.75 Å². The number of nitrogens with zero attached hydrogens (tertiary/aromatic N) is 5. The van der Waals surface area contributed by atoms with Gasteiger partial charge in [-0.3, -0.25) is 9.59 Å². The van der Waals surface area contributed by atoms with E-state index in [1.54, 1.807) is 4.90 Å². The molecule has 0 atom stereocenters. The van der Waals surface area contributed by atoms with Crippen molar-refractivity contribution in [2.45, 2.75) is 6.92 Å². The summed E-state index contributed by atoms with van der Waals surface area (Å²) in [5.41, 5.74) is 1.02. The summed E-state index contributed by atoms with van der Waals surface area (Å²) < 4.78 is 5.40. The first-order valence-corrected chi connectivity index (χ1v) is 10.7. The number of hydrogen-bond donors (Lipinski definition) is 1. The maximum atomic E-state index is 12.8. The number of carbonyl (C=O) groups is 1. The quantitative estimate of drug-likeness (QED) is 0.577. The zero-order chi connectivity index (χ0) is 22.5. The van der Waals surface area contributed by atoms with Gasteiger partial charge in [0.05, 0.1) is 12.8 Å². The standard InChI is InChI=1S/C22H23ClN6O3/c1-2-32-19-8-6-16(7-9-19)15-24-29-22(31)20(25-26-29)21(30)28-12-10-27(11-13-28)18-5-3-4-17(23)14-18/h3-9,14-15,26H,2,10-13H2,1H3. The molecule has 1 fully saturated rings. The Morgan fingerprint density at radius 1 is 1.19 bits per heavy atom. The van der Waals surface area contributed by atoms with E-state index in [0.717, 1.165) is 21.8 Å². The molecule has 2 aromatic carbocycles. The third kappa shape index (κ3) is 4.83. The Morgan fingerprint density at radius 2 is 1.94 bits per heavy atom. The zero-order valence-electron chi connectivity index (χ0n) is 17.6. The lowest BCUT2D eigenvalue weighted by molar-refractivity contribution is 0.0739. The van der Waals surface area contributed by atoms with Crippen molar-refractivity contribution in [1.82, 2.24) is 20.0 Å². The van der Waals surface area contributed by atoms with Crippen molar-refractivity contribution < 1.29 is 9.53 Å². The van der Waals surface area contributed by atoms with Gasteiger partial charge in [0, 0.05) is 36.9 Å². The van der Waals surface area contributed by atoms with Gasteiger partial charge in [0.2, 0.25) is 5.69 Å². The number of nitrogens with one attached hydrogen (secondary N) is 1. The maximum absolute atomic E-state index is 12.8. The Kier molecular flexibility index (Phi) is 6.55. The largest absolute Gasteiger partial charge is 0.494 e. The van der Waals surface area contributed by atoms with E-state index >= 15 is 0 Å². The number of anilines is 1. The normalized spacial score (nSPS) is 14.2. The summed E-state index contributed by atoms with van der Waals surface area (Å²) in [6.45, 7) is 4.74. The molecule has 0 saturated carbocycles. The molecule has 0 radical (unpaired) electrons. The first-order valence-electron chi connectivity index (χ1n) is 10.3. The summed E-state index contributed by atoms with van der Waals surface area (Å²) in [5, 5.41) is 11.2. The fourth-order valence-electron chi connectivity index (χ4n) is 3.44. The van der Waals surface area contributed by atoms with E-state index in [1.165, 1.54) is 6.21 Å². The maximum Gasteiger partial charge on any atom is 0.320 e. The molecule has 0 unspecified atom stereocenters. The Bertz CT molecular complexity index is 1160. The molecular formula is C22H23ClN6O3. The van der Waals surface area contributed by atoms with Gasteiger partial charge in [0.1, 0.15) is 5.75 Å². The highest BCUT2D eigenvalue weighted by Crippen LogP contribution is 2.21. The molecule has 10 heteroatoms. The van der Waals surface area contributed by atoms with Gasteiger partial charge < -0.3 is 14.5 Å². The number of hydrogen-bond acceptors (Lipinski definition) is 6. The second kappa shape index (κ2) is 9.69. The number of H-pyrrole nitrogens is 1. The SMILES string of the molecule is CCOc1ccc(C=Nn2[nH]nc(C(=O)N3CCN(c4cccc(Cl)c4)CC3)c2=O)cc1. The van der Waals surface area contributed by atoms with Gasteiger partial charge in [-0.25, -0.2) is 0 Å². The van der Waals surface area contributed by atoms with Crippen LogP contribution >= 0.6 is 11.6 Å². The summed E-state index contributed by atoms with van der Waals surface area (Å²) in [4.78, 5) is 30.2. The molecule has 32 heavy (non-hydrogen) atoms. The Hall–Kier alpha value is -3.59. The molecule has 166 valence electrons. The van der Waals surface area contributed by atoms with Gasteiger partial charge in [-0.05, 0) is 55.0 Å². The van der Waals surface area contributed by atoms with Crippen molar-refractivity contribution in [3.05, 3.63) is 75.2 Å². The average Bonchev–Trinajstić information content (AvgIpc) is 3.18. The minimum absolute atomic E-state index is 0.176. The number of rotatable bonds is 6. The molecule has 1 saturated heterocycles. The van der Waals surface area contributed by atoms with Gasteiger partial charge in [0.25, 0.3) is 5.91 Å². The van der Waals surface area contributed by atoms with E-state index in [1.807, 2.05) is 55.5 Å². The van der Waals surface area contributed by atoms with Gasteiger partial charge in [0.15, 0.2) is 0 Å². The lowest BCUT2D eigenvalue weighted by atomic mass is 10.2. The third-order valence-electron chi connectivity index (χ3n) is 5.11. The van der Waals surface area contributed by atoms with Gasteiger partial charge >= 0.3 is 5.56 Å². The van der Waals surface area contributed by atoms with Gasteiger partial charge in [-0.2, -0.15) is 10.3 Å². The topological polar surface area (TPSA) is 95.8 Å². The number of ether oxygens (including phenoxy) is 1. The Labute approximate surface area is 189 Å². The van der Waals surface area contributed by atoms with Crippen LogP contribution in [0.2, 0.25) is 5.02 Å². The fourth-order valence-corrected chi connectivity index (χ4v) is 3.62. The van der Waals surface area contributed by atoms with E-state index in [9.17, 15) is 9.59 Å². The number of halogens is 1. The van der Waals surface area contributed by atoms with E-state index in [0.29, 0.717) is 37.8 Å². The van der Waals surface area contributed by atoms with Crippen molar-refractivity contribution in [3.63, 3.8) is 0 Å². The Morgan fingerprint density at radius 3 is 2.62 bits per heavy atom. The number of carbonyl (C=O) groups excluding carboxylic acids is 1. The highest BCUT2D eigenvalue weighted by molar-refractivity contribution is 6.30. The predicted octanol–water partition coefficient (Wildman–Crippen LogP) is 2.47. The molecule has 0 aliphatic carbocycles. The minimum atomic E-state index is -0.588. The Balaban J connectivity index is 1.39. The molecule has 0 bridgehead atoms. The number of amides is 1. The predicted molar refractivity (Wildman–Crippen MR) is 123 cm³/mol. The summed E-state index contributed by atoms with van der Waals surface area (Å²) >= 11 is 6.07. The van der Waals surface area contributed by atoms with Crippen LogP contribution in [0.3, 0.4) is 0 Å². The summed E-state index contributed by atoms with van der Waals surface area (Å²) in [6, 6.07) is 14.9. The average molecular weight is 455 g/mol. The van der Waals surface area contributed by atoms with Crippen molar-refractivity contribution in [2.24, 2.45) is 5.10 Å². The third-order valence-corrected chi connectivity index (χ3v) is 5.34. The first kappa shape index (κ1) is 21.6. The number of aromatic amines is 1. The summed E-state index contributed by atoms with van der Waals surface area (Å²) in [7, 11) is 0. The van der Waals surface area contributed by atoms with E-state index in [-0.39, 0.29) is 5.69 Å². The van der Waals surface area contributed by atoms with Crippen LogP contribution in [0.15, 0.2) is 58.4 Å². The molecule has 1 aliphatic heterocycles. The smallest absolute Gasteiger partial charge is 0.320 e. The molecule has 1 aromatic heterocycles. The molecule has 1 amide bonds. The van der Waals surface area contributed by atoms with Crippen LogP contribution in [0.25, 0.3) is 0 Å². The second-order valence-corrected chi connectivity index (χ2v) is 7.62. The van der Waals surface area contributed by atoms with E-state index in [2.05, 4.69) is 20.3 Å². The molecular weight excluding hydrogens is 432 g/mol. The first-order chi connectivity index (χ1) is 15.5. The van der Waals surface area contributed by atoms with Crippen LogP contribution in [0.4, 0.5) is 5.69 Å².